The zero-order valence-electron chi connectivity index (χ0n) is 19.3. The Kier molecular flexibility index (Phi) is 5.48. The Morgan fingerprint density at radius 1 is 1.00 bits per heavy atom. The van der Waals surface area contributed by atoms with E-state index in [2.05, 4.69) is 63.9 Å². The molecule has 170 valence electrons. The maximum absolute atomic E-state index is 5.07. The van der Waals surface area contributed by atoms with E-state index in [1.807, 2.05) is 0 Å². The number of hydrogen-bond acceptors (Lipinski definition) is 4. The van der Waals surface area contributed by atoms with E-state index < -0.39 is 0 Å². The normalized spacial score (nSPS) is 17.8. The molecule has 1 atom stereocenters. The van der Waals surface area contributed by atoms with E-state index in [0.717, 1.165) is 73.7 Å². The van der Waals surface area contributed by atoms with Gasteiger partial charge in [-0.25, -0.2) is 9.97 Å². The SMILES string of the molecule is CCCNCc1nc2ccc(-c3ccc4c(c3)CCCc3[nH]c([C@@H]5CCCN5)nc3-4)cc2[nH]1. The number of nitrogens with one attached hydrogen (secondary N) is 4. The maximum atomic E-state index is 5.07. The molecule has 0 amide bonds. The number of aryl methyl sites for hydroxylation is 2. The van der Waals surface area contributed by atoms with Crippen molar-refractivity contribution in [1.29, 1.82) is 0 Å². The van der Waals surface area contributed by atoms with E-state index in [0.29, 0.717) is 6.04 Å². The van der Waals surface area contributed by atoms with E-state index in [1.54, 1.807) is 0 Å². The molecule has 4 aromatic rings. The fourth-order valence-electron chi connectivity index (χ4n) is 5.29. The summed E-state index contributed by atoms with van der Waals surface area (Å²) in [7, 11) is 0. The number of hydrogen-bond donors (Lipinski definition) is 4. The van der Waals surface area contributed by atoms with Crippen molar-refractivity contribution < 1.29 is 0 Å². The van der Waals surface area contributed by atoms with Gasteiger partial charge in [-0.2, -0.15) is 0 Å². The van der Waals surface area contributed by atoms with E-state index in [-0.39, 0.29) is 0 Å². The first-order valence-corrected chi connectivity index (χ1v) is 12.4. The van der Waals surface area contributed by atoms with Crippen molar-refractivity contribution in [3.05, 3.63) is 59.3 Å². The Labute approximate surface area is 194 Å². The van der Waals surface area contributed by atoms with Crippen molar-refractivity contribution in [2.24, 2.45) is 0 Å². The zero-order chi connectivity index (χ0) is 22.2. The van der Waals surface area contributed by atoms with Crippen LogP contribution in [-0.2, 0) is 19.4 Å². The highest BCUT2D eigenvalue weighted by Gasteiger charge is 2.24. The molecule has 6 rings (SSSR count). The summed E-state index contributed by atoms with van der Waals surface area (Å²) in [6.45, 7) is 5.05. The van der Waals surface area contributed by atoms with Crippen LogP contribution < -0.4 is 10.6 Å². The Hall–Kier alpha value is -2.96. The second kappa shape index (κ2) is 8.76. The van der Waals surface area contributed by atoms with E-state index in [1.165, 1.54) is 40.8 Å². The molecule has 0 radical (unpaired) electrons. The van der Waals surface area contributed by atoms with Crippen LogP contribution in [0.15, 0.2) is 36.4 Å². The number of nitrogens with zero attached hydrogens (tertiary/aromatic N) is 2. The fraction of sp³-hybridized carbons (Fsp3) is 0.407. The van der Waals surface area contributed by atoms with Crippen molar-refractivity contribution in [2.45, 2.75) is 58.0 Å². The molecule has 6 nitrogen and oxygen atoms in total. The highest BCUT2D eigenvalue weighted by Crippen LogP contribution is 2.36. The van der Waals surface area contributed by atoms with Crippen LogP contribution in [0.4, 0.5) is 0 Å². The van der Waals surface area contributed by atoms with Gasteiger partial charge in [-0.3, -0.25) is 0 Å². The number of imidazole rings is 2. The Morgan fingerprint density at radius 2 is 1.91 bits per heavy atom. The molecule has 33 heavy (non-hydrogen) atoms. The van der Waals surface area contributed by atoms with Crippen molar-refractivity contribution in [3.8, 4) is 22.4 Å². The summed E-state index contributed by atoms with van der Waals surface area (Å²) < 4.78 is 0. The Morgan fingerprint density at radius 3 is 2.79 bits per heavy atom. The van der Waals surface area contributed by atoms with Crippen LogP contribution in [0.1, 0.15) is 61.6 Å². The zero-order valence-corrected chi connectivity index (χ0v) is 19.3. The van der Waals surface area contributed by atoms with E-state index in [4.69, 9.17) is 9.97 Å². The van der Waals surface area contributed by atoms with Gasteiger partial charge in [0.25, 0.3) is 0 Å². The lowest BCUT2D eigenvalue weighted by Gasteiger charge is -2.10. The van der Waals surface area contributed by atoms with Crippen molar-refractivity contribution in [1.82, 2.24) is 30.6 Å². The molecular formula is C27H32N6. The predicted molar refractivity (Wildman–Crippen MR) is 133 cm³/mol. The summed E-state index contributed by atoms with van der Waals surface area (Å²) in [6.07, 6.45) is 6.83. The van der Waals surface area contributed by atoms with Gasteiger partial charge in [-0.15, -0.1) is 0 Å². The van der Waals surface area contributed by atoms with Crippen molar-refractivity contribution >= 4 is 11.0 Å². The third kappa shape index (κ3) is 3.98. The minimum atomic E-state index is 0.378. The average Bonchev–Trinajstić information content (AvgIpc) is 3.57. The maximum Gasteiger partial charge on any atom is 0.124 e. The molecule has 0 unspecified atom stereocenters. The van der Waals surface area contributed by atoms with Gasteiger partial charge in [0, 0.05) is 11.3 Å². The third-order valence-corrected chi connectivity index (χ3v) is 7.00. The minimum absolute atomic E-state index is 0.378. The third-order valence-electron chi connectivity index (χ3n) is 7.00. The number of benzene rings is 2. The van der Waals surface area contributed by atoms with Gasteiger partial charge in [-0.1, -0.05) is 31.2 Å². The van der Waals surface area contributed by atoms with Crippen LogP contribution in [0.5, 0.6) is 0 Å². The van der Waals surface area contributed by atoms with E-state index in [9.17, 15) is 0 Å². The van der Waals surface area contributed by atoms with Crippen LogP contribution in [0.25, 0.3) is 33.4 Å². The molecular weight excluding hydrogens is 408 g/mol. The summed E-state index contributed by atoms with van der Waals surface area (Å²) in [5, 5.41) is 7.00. The molecule has 6 heteroatoms. The summed E-state index contributed by atoms with van der Waals surface area (Å²) in [4.78, 5) is 16.9. The lowest BCUT2D eigenvalue weighted by molar-refractivity contribution is 0.610. The van der Waals surface area contributed by atoms with Crippen LogP contribution in [0.2, 0.25) is 0 Å². The number of rotatable bonds is 6. The van der Waals surface area contributed by atoms with Gasteiger partial charge < -0.3 is 20.6 Å². The molecule has 3 heterocycles. The molecule has 2 aromatic heterocycles. The number of fused-ring (bicyclic) bond motifs is 4. The molecule has 1 saturated heterocycles. The Balaban J connectivity index is 1.31. The van der Waals surface area contributed by atoms with Gasteiger partial charge in [0.05, 0.1) is 29.3 Å². The van der Waals surface area contributed by atoms with Gasteiger partial charge in [0.2, 0.25) is 0 Å². The fourth-order valence-corrected chi connectivity index (χ4v) is 5.29. The number of aromatic nitrogens is 4. The summed E-state index contributed by atoms with van der Waals surface area (Å²) >= 11 is 0. The molecule has 1 aliphatic heterocycles. The van der Waals surface area contributed by atoms with Crippen LogP contribution in [-0.4, -0.2) is 33.0 Å². The molecule has 4 N–H and O–H groups in total. The topological polar surface area (TPSA) is 81.4 Å². The van der Waals surface area contributed by atoms with Crippen LogP contribution >= 0.6 is 0 Å². The highest BCUT2D eigenvalue weighted by molar-refractivity contribution is 5.83. The molecule has 1 aliphatic carbocycles. The van der Waals surface area contributed by atoms with Crippen LogP contribution in [0.3, 0.4) is 0 Å². The second-order valence-electron chi connectivity index (χ2n) is 9.42. The predicted octanol–water partition coefficient (Wildman–Crippen LogP) is 5.03. The van der Waals surface area contributed by atoms with Gasteiger partial charge in [0.1, 0.15) is 11.6 Å². The van der Waals surface area contributed by atoms with E-state index >= 15 is 0 Å². The molecule has 0 bridgehead atoms. The molecule has 0 saturated carbocycles. The minimum Gasteiger partial charge on any atom is -0.344 e. The molecule has 2 aliphatic rings. The molecule has 0 spiro atoms. The van der Waals surface area contributed by atoms with Gasteiger partial charge in [0.15, 0.2) is 0 Å². The number of H-pyrrole nitrogens is 2. The largest absolute Gasteiger partial charge is 0.344 e. The summed E-state index contributed by atoms with van der Waals surface area (Å²) in [5.41, 5.74) is 9.75. The first-order chi connectivity index (χ1) is 16.3. The Bertz CT molecular complexity index is 1280. The first kappa shape index (κ1) is 20.6. The first-order valence-electron chi connectivity index (χ1n) is 12.4. The quantitative estimate of drug-likeness (QED) is 0.317. The van der Waals surface area contributed by atoms with Gasteiger partial charge >= 0.3 is 0 Å². The lowest BCUT2D eigenvalue weighted by Crippen LogP contribution is -2.14. The monoisotopic (exact) mass is 440 g/mol. The summed E-state index contributed by atoms with van der Waals surface area (Å²) in [6, 6.07) is 13.8. The standard InChI is InChI=1S/C27H32N6/c1-2-12-28-16-25-30-21-11-9-18(15-24(21)31-25)17-8-10-20-19(14-17)5-3-6-22-26(20)33-27(32-22)23-7-4-13-29-23/h8-11,14-15,23,28-29H,2-7,12-13,16H2,1H3,(H,30,31)(H,32,33)/t23-/m0/s1. The smallest absolute Gasteiger partial charge is 0.124 e. The summed E-state index contributed by atoms with van der Waals surface area (Å²) in [5.74, 6) is 2.11. The number of aromatic amines is 2. The van der Waals surface area contributed by atoms with Crippen LogP contribution in [0, 0.1) is 0 Å². The van der Waals surface area contributed by atoms with Crippen molar-refractivity contribution in [2.75, 3.05) is 13.1 Å². The highest BCUT2D eigenvalue weighted by atomic mass is 15.0. The van der Waals surface area contributed by atoms with Crippen molar-refractivity contribution in [3.63, 3.8) is 0 Å². The lowest BCUT2D eigenvalue weighted by atomic mass is 9.96. The second-order valence-corrected chi connectivity index (χ2v) is 9.42. The van der Waals surface area contributed by atoms with Gasteiger partial charge in [-0.05, 0) is 80.4 Å². The molecule has 2 aromatic carbocycles. The molecule has 1 fully saturated rings. The average molecular weight is 441 g/mol.